The van der Waals surface area contributed by atoms with E-state index in [2.05, 4.69) is 5.32 Å². The second kappa shape index (κ2) is 11.5. The summed E-state index contributed by atoms with van der Waals surface area (Å²) in [5.41, 5.74) is 5.28. The summed E-state index contributed by atoms with van der Waals surface area (Å²) >= 11 is 0. The molecule has 1 saturated heterocycles. The first-order chi connectivity index (χ1) is 10.2. The highest BCUT2D eigenvalue weighted by molar-refractivity contribution is 5.85. The molecule has 3 N–H and O–H groups in total. The van der Waals surface area contributed by atoms with Crippen LogP contribution in [0.2, 0.25) is 0 Å². The molecule has 0 spiro atoms. The number of esters is 1. The van der Waals surface area contributed by atoms with Crippen LogP contribution >= 0.6 is 0 Å². The molecule has 122 valence electrons. The third-order valence-corrected chi connectivity index (χ3v) is 3.10. The summed E-state index contributed by atoms with van der Waals surface area (Å²) in [7, 11) is 0. The number of nitrogens with one attached hydrogen (secondary N) is 1. The molecule has 1 amide bonds. The Morgan fingerprint density at radius 2 is 1.95 bits per heavy atom. The van der Waals surface area contributed by atoms with Crippen molar-refractivity contribution in [2.45, 2.75) is 38.1 Å². The zero-order chi connectivity index (χ0) is 15.3. The summed E-state index contributed by atoms with van der Waals surface area (Å²) in [4.78, 5) is 22.8. The molecule has 7 nitrogen and oxygen atoms in total. The van der Waals surface area contributed by atoms with Gasteiger partial charge in [0.05, 0.1) is 26.4 Å². The highest BCUT2D eigenvalue weighted by atomic mass is 16.5. The van der Waals surface area contributed by atoms with Gasteiger partial charge in [-0.05, 0) is 12.8 Å². The predicted molar refractivity (Wildman–Crippen MR) is 76.7 cm³/mol. The van der Waals surface area contributed by atoms with Crippen molar-refractivity contribution in [2.24, 2.45) is 5.73 Å². The lowest BCUT2D eigenvalue weighted by Gasteiger charge is -2.08. The molecule has 0 radical (unpaired) electrons. The standard InChI is InChI=1S/C14H26N2O5/c15-6-9-20-11-10-19-7-3-1-2-4-13(17)16-12-5-8-21-14(12)18/h12H,1-11,15H2,(H,16,17). The fraction of sp³-hybridized carbons (Fsp3) is 0.857. The van der Waals surface area contributed by atoms with Gasteiger partial charge in [-0.2, -0.15) is 0 Å². The molecule has 1 heterocycles. The number of carbonyl (C=O) groups is 2. The molecule has 1 atom stereocenters. The SMILES string of the molecule is NCCOCCOCCCCCC(=O)NC1CCOC1=O. The molecule has 0 aliphatic carbocycles. The average molecular weight is 302 g/mol. The number of unbranched alkanes of at least 4 members (excludes halogenated alkanes) is 2. The predicted octanol–water partition coefficient (Wildman–Crippen LogP) is -0.0296. The normalized spacial score (nSPS) is 17.8. The molecule has 1 fully saturated rings. The molecule has 0 aromatic rings. The Hall–Kier alpha value is -1.18. The van der Waals surface area contributed by atoms with Crippen LogP contribution in [0.1, 0.15) is 32.1 Å². The van der Waals surface area contributed by atoms with E-state index in [0.29, 0.717) is 52.4 Å². The summed E-state index contributed by atoms with van der Waals surface area (Å²) < 4.78 is 15.3. The molecule has 1 aliphatic rings. The first-order valence-corrected chi connectivity index (χ1v) is 7.55. The minimum Gasteiger partial charge on any atom is -0.464 e. The quantitative estimate of drug-likeness (QED) is 0.388. The van der Waals surface area contributed by atoms with Gasteiger partial charge in [0.15, 0.2) is 0 Å². The van der Waals surface area contributed by atoms with Crippen molar-refractivity contribution in [1.82, 2.24) is 5.32 Å². The van der Waals surface area contributed by atoms with Crippen LogP contribution in [0.3, 0.4) is 0 Å². The minimum atomic E-state index is -0.450. The fourth-order valence-corrected chi connectivity index (χ4v) is 1.97. The van der Waals surface area contributed by atoms with Gasteiger partial charge in [0, 0.05) is 26.0 Å². The van der Waals surface area contributed by atoms with E-state index in [-0.39, 0.29) is 11.9 Å². The Bertz CT molecular complexity index is 312. The van der Waals surface area contributed by atoms with Crippen LogP contribution in [-0.4, -0.2) is 57.5 Å². The van der Waals surface area contributed by atoms with E-state index >= 15 is 0 Å². The van der Waals surface area contributed by atoms with Gasteiger partial charge in [0.25, 0.3) is 0 Å². The van der Waals surface area contributed by atoms with Crippen molar-refractivity contribution >= 4 is 11.9 Å². The van der Waals surface area contributed by atoms with Crippen molar-refractivity contribution in [3.63, 3.8) is 0 Å². The third-order valence-electron chi connectivity index (χ3n) is 3.10. The smallest absolute Gasteiger partial charge is 0.328 e. The number of cyclic esters (lactones) is 1. The van der Waals surface area contributed by atoms with Crippen molar-refractivity contribution in [2.75, 3.05) is 39.6 Å². The van der Waals surface area contributed by atoms with Crippen LogP contribution < -0.4 is 11.1 Å². The van der Waals surface area contributed by atoms with E-state index in [0.717, 1.165) is 19.3 Å². The van der Waals surface area contributed by atoms with Crippen molar-refractivity contribution in [3.05, 3.63) is 0 Å². The molecule has 0 bridgehead atoms. The van der Waals surface area contributed by atoms with Gasteiger partial charge in [0.1, 0.15) is 6.04 Å². The Morgan fingerprint density at radius 3 is 2.62 bits per heavy atom. The number of amides is 1. The molecular formula is C14H26N2O5. The number of nitrogens with two attached hydrogens (primary N) is 1. The van der Waals surface area contributed by atoms with Crippen molar-refractivity contribution in [1.29, 1.82) is 0 Å². The van der Waals surface area contributed by atoms with Crippen LogP contribution in [0.15, 0.2) is 0 Å². The Balaban J connectivity index is 1.85. The summed E-state index contributed by atoms with van der Waals surface area (Å²) in [6, 6.07) is -0.450. The lowest BCUT2D eigenvalue weighted by atomic mass is 10.1. The number of hydrogen-bond donors (Lipinski definition) is 2. The Labute approximate surface area is 125 Å². The Kier molecular flexibility index (Phi) is 9.77. The van der Waals surface area contributed by atoms with Gasteiger partial charge in [0.2, 0.25) is 5.91 Å². The number of hydrogen-bond acceptors (Lipinski definition) is 6. The zero-order valence-electron chi connectivity index (χ0n) is 12.5. The number of rotatable bonds is 12. The molecule has 1 aliphatic heterocycles. The van der Waals surface area contributed by atoms with Crippen LogP contribution in [0.4, 0.5) is 0 Å². The molecule has 0 aromatic heterocycles. The molecule has 1 rings (SSSR count). The van der Waals surface area contributed by atoms with Crippen LogP contribution in [0, 0.1) is 0 Å². The van der Waals surface area contributed by atoms with Crippen LogP contribution in [0.25, 0.3) is 0 Å². The van der Waals surface area contributed by atoms with Gasteiger partial charge in [-0.1, -0.05) is 6.42 Å². The van der Waals surface area contributed by atoms with Gasteiger partial charge in [-0.3, -0.25) is 4.79 Å². The van der Waals surface area contributed by atoms with Gasteiger partial charge in [-0.25, -0.2) is 4.79 Å². The van der Waals surface area contributed by atoms with Gasteiger partial charge in [-0.15, -0.1) is 0 Å². The maximum atomic E-state index is 11.6. The molecular weight excluding hydrogens is 276 g/mol. The van der Waals surface area contributed by atoms with Crippen molar-refractivity contribution < 1.29 is 23.8 Å². The summed E-state index contributed by atoms with van der Waals surface area (Å²) in [5, 5.41) is 2.69. The first-order valence-electron chi connectivity index (χ1n) is 7.55. The largest absolute Gasteiger partial charge is 0.464 e. The van der Waals surface area contributed by atoms with E-state index in [9.17, 15) is 9.59 Å². The molecule has 0 saturated carbocycles. The van der Waals surface area contributed by atoms with Gasteiger partial charge < -0.3 is 25.3 Å². The summed E-state index contributed by atoms with van der Waals surface area (Å²) in [6.07, 6.45) is 3.64. The van der Waals surface area contributed by atoms with Crippen molar-refractivity contribution in [3.8, 4) is 0 Å². The molecule has 0 aromatic carbocycles. The fourth-order valence-electron chi connectivity index (χ4n) is 1.97. The first kappa shape index (κ1) is 17.9. The minimum absolute atomic E-state index is 0.0880. The average Bonchev–Trinajstić information content (AvgIpc) is 2.86. The van der Waals surface area contributed by atoms with E-state index in [1.54, 1.807) is 0 Å². The summed E-state index contributed by atoms with van der Waals surface area (Å²) in [6.45, 7) is 3.30. The highest BCUT2D eigenvalue weighted by Crippen LogP contribution is 2.07. The van der Waals surface area contributed by atoms with E-state index in [1.807, 2.05) is 0 Å². The van der Waals surface area contributed by atoms with Gasteiger partial charge >= 0.3 is 5.97 Å². The number of carbonyl (C=O) groups excluding carboxylic acids is 2. The molecule has 21 heavy (non-hydrogen) atoms. The lowest BCUT2D eigenvalue weighted by molar-refractivity contribution is -0.141. The maximum absolute atomic E-state index is 11.6. The summed E-state index contributed by atoms with van der Waals surface area (Å²) in [5.74, 6) is -0.413. The highest BCUT2D eigenvalue weighted by Gasteiger charge is 2.27. The number of ether oxygens (including phenoxy) is 3. The zero-order valence-corrected chi connectivity index (χ0v) is 12.5. The Morgan fingerprint density at radius 1 is 1.19 bits per heavy atom. The lowest BCUT2D eigenvalue weighted by Crippen LogP contribution is -2.37. The van der Waals surface area contributed by atoms with E-state index < -0.39 is 6.04 Å². The monoisotopic (exact) mass is 302 g/mol. The van der Waals surface area contributed by atoms with Crippen LogP contribution in [-0.2, 0) is 23.8 Å². The molecule has 7 heteroatoms. The maximum Gasteiger partial charge on any atom is 0.328 e. The molecule has 1 unspecified atom stereocenters. The third kappa shape index (κ3) is 8.64. The van der Waals surface area contributed by atoms with E-state index in [4.69, 9.17) is 19.9 Å². The van der Waals surface area contributed by atoms with E-state index in [1.165, 1.54) is 0 Å². The topological polar surface area (TPSA) is 99.9 Å². The second-order valence-corrected chi connectivity index (χ2v) is 4.90. The second-order valence-electron chi connectivity index (χ2n) is 4.90. The van der Waals surface area contributed by atoms with Crippen LogP contribution in [0.5, 0.6) is 0 Å².